The van der Waals surface area contributed by atoms with Crippen LogP contribution in [0.15, 0.2) is 18.3 Å². The summed E-state index contributed by atoms with van der Waals surface area (Å²) in [5, 5.41) is 12.9. The number of nitrogens with one attached hydrogen (secondary N) is 3. The lowest BCUT2D eigenvalue weighted by molar-refractivity contribution is 0.0951. The molecule has 1 fully saturated rings. The minimum Gasteiger partial charge on any atom is -0.486 e. The Balaban J connectivity index is 1.56. The average Bonchev–Trinajstić information content (AvgIpc) is 3.28. The number of aromatic nitrogens is 3. The first kappa shape index (κ1) is 19.3. The fourth-order valence-corrected chi connectivity index (χ4v) is 3.51. The number of amides is 1. The van der Waals surface area contributed by atoms with E-state index in [9.17, 15) is 13.6 Å². The summed E-state index contributed by atoms with van der Waals surface area (Å²) in [4.78, 5) is 17.1. The topological polar surface area (TPSA) is 102 Å². The van der Waals surface area contributed by atoms with Gasteiger partial charge in [-0.2, -0.15) is 9.61 Å². The quantitative estimate of drug-likeness (QED) is 0.572. The zero-order valence-corrected chi connectivity index (χ0v) is 16.8. The van der Waals surface area contributed by atoms with E-state index in [-0.39, 0.29) is 59.4 Å². The normalized spacial score (nSPS) is 19.2. The molecular weight excluding hydrogens is 410 g/mol. The van der Waals surface area contributed by atoms with Crippen molar-refractivity contribution >= 4 is 28.9 Å². The van der Waals surface area contributed by atoms with Crippen LogP contribution in [0.5, 0.6) is 11.5 Å². The second kappa shape index (κ2) is 7.25. The summed E-state index contributed by atoms with van der Waals surface area (Å²) in [5.41, 5.74) is 0.314. The van der Waals surface area contributed by atoms with E-state index in [1.807, 2.05) is 0 Å². The Hall–Kier alpha value is -3.63. The van der Waals surface area contributed by atoms with Crippen molar-refractivity contribution in [3.8, 4) is 11.5 Å². The molecule has 0 bridgehead atoms. The van der Waals surface area contributed by atoms with Crippen molar-refractivity contribution in [1.82, 2.24) is 19.9 Å². The van der Waals surface area contributed by atoms with Crippen LogP contribution in [0, 0.1) is 17.6 Å². The third-order valence-corrected chi connectivity index (χ3v) is 5.38. The lowest BCUT2D eigenvalue weighted by Crippen LogP contribution is -2.26. The van der Waals surface area contributed by atoms with E-state index in [2.05, 4.69) is 33.0 Å². The van der Waals surface area contributed by atoms with Gasteiger partial charge in [0.25, 0.3) is 5.91 Å². The molecule has 1 unspecified atom stereocenters. The van der Waals surface area contributed by atoms with Gasteiger partial charge in [-0.25, -0.2) is 13.8 Å². The molecule has 3 N–H and O–H groups in total. The summed E-state index contributed by atoms with van der Waals surface area (Å²) >= 11 is 0. The van der Waals surface area contributed by atoms with E-state index in [1.54, 1.807) is 13.1 Å². The SMILES string of the molecule is CNc1cc(Nc2c(F)c(F)cc3c2OCCO3)nc2c(C(=O)NC3C[C@@H]3C)cnn12. The number of ether oxygens (including phenoxy) is 2. The Morgan fingerprint density at radius 2 is 2.03 bits per heavy atom. The average molecular weight is 430 g/mol. The van der Waals surface area contributed by atoms with E-state index >= 15 is 0 Å². The van der Waals surface area contributed by atoms with E-state index in [1.165, 1.54) is 10.7 Å². The van der Waals surface area contributed by atoms with Crippen LogP contribution in [-0.2, 0) is 0 Å². The van der Waals surface area contributed by atoms with Gasteiger partial charge in [-0.3, -0.25) is 4.79 Å². The smallest absolute Gasteiger partial charge is 0.256 e. The molecule has 3 aromatic rings. The van der Waals surface area contributed by atoms with E-state index in [0.717, 1.165) is 12.5 Å². The maximum absolute atomic E-state index is 14.6. The summed E-state index contributed by atoms with van der Waals surface area (Å²) in [7, 11) is 1.67. The molecule has 11 heteroatoms. The van der Waals surface area contributed by atoms with Gasteiger partial charge in [-0.1, -0.05) is 6.92 Å². The molecule has 5 rings (SSSR count). The van der Waals surface area contributed by atoms with Crippen molar-refractivity contribution in [3.05, 3.63) is 35.5 Å². The standard InChI is InChI=1S/C20H20F2N6O3/c1-9-5-12(9)25-20(29)10-8-24-28-15(23-2)7-14(27-19(10)28)26-17-16(22)11(21)6-13-18(17)31-4-3-30-13/h6-9,12,23H,3-5H2,1-2H3,(H,25,29)(H,26,27)/t9-,12?/m0/s1. The number of fused-ring (bicyclic) bond motifs is 2. The van der Waals surface area contributed by atoms with Gasteiger partial charge in [0.1, 0.15) is 36.1 Å². The largest absolute Gasteiger partial charge is 0.486 e. The van der Waals surface area contributed by atoms with Gasteiger partial charge in [-0.15, -0.1) is 0 Å². The molecule has 31 heavy (non-hydrogen) atoms. The molecule has 162 valence electrons. The van der Waals surface area contributed by atoms with E-state index in [0.29, 0.717) is 11.7 Å². The van der Waals surface area contributed by atoms with Crippen molar-refractivity contribution in [3.63, 3.8) is 0 Å². The second-order valence-electron chi connectivity index (χ2n) is 7.56. The molecule has 3 heterocycles. The first-order chi connectivity index (χ1) is 15.0. The highest BCUT2D eigenvalue weighted by atomic mass is 19.2. The van der Waals surface area contributed by atoms with Crippen LogP contribution in [0.25, 0.3) is 5.65 Å². The van der Waals surface area contributed by atoms with E-state index < -0.39 is 11.6 Å². The summed E-state index contributed by atoms with van der Waals surface area (Å²) < 4.78 is 41.0. The minimum absolute atomic E-state index is 0.0621. The molecular formula is C20H20F2N6O3. The second-order valence-corrected chi connectivity index (χ2v) is 7.56. The van der Waals surface area contributed by atoms with Gasteiger partial charge < -0.3 is 25.4 Å². The molecule has 1 aliphatic heterocycles. The number of halogens is 2. The number of nitrogens with zero attached hydrogens (tertiary/aromatic N) is 3. The van der Waals surface area contributed by atoms with Crippen LogP contribution in [-0.4, -0.2) is 46.8 Å². The van der Waals surface area contributed by atoms with Crippen molar-refractivity contribution in [1.29, 1.82) is 0 Å². The van der Waals surface area contributed by atoms with Gasteiger partial charge in [0.15, 0.2) is 28.8 Å². The van der Waals surface area contributed by atoms with Crippen LogP contribution in [0.1, 0.15) is 23.7 Å². The molecule has 1 amide bonds. The Morgan fingerprint density at radius 1 is 1.26 bits per heavy atom. The number of benzene rings is 1. The molecule has 1 aliphatic carbocycles. The van der Waals surface area contributed by atoms with Gasteiger partial charge in [0.05, 0.1) is 6.20 Å². The number of anilines is 3. The van der Waals surface area contributed by atoms with Gasteiger partial charge in [0, 0.05) is 25.2 Å². The lowest BCUT2D eigenvalue weighted by atomic mass is 10.2. The summed E-state index contributed by atoms with van der Waals surface area (Å²) in [6, 6.07) is 2.64. The van der Waals surface area contributed by atoms with Gasteiger partial charge in [0.2, 0.25) is 0 Å². The highest BCUT2D eigenvalue weighted by Gasteiger charge is 2.35. The minimum atomic E-state index is -1.12. The van der Waals surface area contributed by atoms with Crippen LogP contribution in [0.4, 0.5) is 26.1 Å². The highest BCUT2D eigenvalue weighted by Crippen LogP contribution is 2.42. The molecule has 9 nitrogen and oxygen atoms in total. The molecule has 0 radical (unpaired) electrons. The fraction of sp³-hybridized carbons (Fsp3) is 0.350. The third-order valence-electron chi connectivity index (χ3n) is 5.38. The number of carbonyl (C=O) groups excluding carboxylic acids is 1. The molecule has 2 aromatic heterocycles. The maximum atomic E-state index is 14.6. The van der Waals surface area contributed by atoms with Crippen LogP contribution in [0.2, 0.25) is 0 Å². The zero-order valence-electron chi connectivity index (χ0n) is 16.8. The molecule has 1 aromatic carbocycles. The van der Waals surface area contributed by atoms with Gasteiger partial charge >= 0.3 is 0 Å². The number of carbonyl (C=O) groups is 1. The number of rotatable bonds is 5. The first-order valence-corrected chi connectivity index (χ1v) is 9.88. The Labute approximate surface area is 175 Å². The Bertz CT molecular complexity index is 1200. The molecule has 2 atom stereocenters. The van der Waals surface area contributed by atoms with Crippen molar-refractivity contribution in [2.75, 3.05) is 30.9 Å². The number of hydrogen-bond acceptors (Lipinski definition) is 7. The third kappa shape index (κ3) is 3.35. The molecule has 2 aliphatic rings. The predicted molar refractivity (Wildman–Crippen MR) is 108 cm³/mol. The van der Waals surface area contributed by atoms with Crippen LogP contribution in [0.3, 0.4) is 0 Å². The monoisotopic (exact) mass is 430 g/mol. The Morgan fingerprint density at radius 3 is 2.77 bits per heavy atom. The van der Waals surface area contributed by atoms with E-state index in [4.69, 9.17) is 9.47 Å². The molecule has 0 spiro atoms. The molecule has 0 saturated heterocycles. The van der Waals surface area contributed by atoms with Crippen molar-refractivity contribution in [2.24, 2.45) is 5.92 Å². The van der Waals surface area contributed by atoms with Crippen molar-refractivity contribution < 1.29 is 23.0 Å². The summed E-state index contributed by atoms with van der Waals surface area (Å²) in [6.07, 6.45) is 2.36. The van der Waals surface area contributed by atoms with Gasteiger partial charge in [-0.05, 0) is 12.3 Å². The lowest BCUT2D eigenvalue weighted by Gasteiger charge is -2.22. The van der Waals surface area contributed by atoms with Crippen LogP contribution >= 0.6 is 0 Å². The Kier molecular flexibility index (Phi) is 4.53. The highest BCUT2D eigenvalue weighted by molar-refractivity contribution is 6.00. The number of hydrogen-bond donors (Lipinski definition) is 3. The van der Waals surface area contributed by atoms with Crippen LogP contribution < -0.4 is 25.4 Å². The summed E-state index contributed by atoms with van der Waals surface area (Å²) in [6.45, 7) is 2.49. The maximum Gasteiger partial charge on any atom is 0.256 e. The van der Waals surface area contributed by atoms with Crippen molar-refractivity contribution in [2.45, 2.75) is 19.4 Å². The zero-order chi connectivity index (χ0) is 21.7. The fourth-order valence-electron chi connectivity index (χ4n) is 3.51. The predicted octanol–water partition coefficient (Wildman–Crippen LogP) is 2.70. The first-order valence-electron chi connectivity index (χ1n) is 9.88. The molecule has 1 saturated carbocycles. The summed E-state index contributed by atoms with van der Waals surface area (Å²) in [5.74, 6) is -1.22.